The minimum absolute atomic E-state index is 0.00621. The highest BCUT2D eigenvalue weighted by molar-refractivity contribution is 5.96. The molecule has 0 N–H and O–H groups in total. The molecule has 5 rings (SSSR count). The van der Waals surface area contributed by atoms with Crippen molar-refractivity contribution in [3.8, 4) is 23.0 Å². The Kier molecular flexibility index (Phi) is 3.48. The molecular weight excluding hydrogens is 336 g/mol. The average Bonchev–Trinajstić information content (AvgIpc) is 3.37. The first kappa shape index (κ1) is 15.1. The van der Waals surface area contributed by atoms with Crippen LogP contribution in [0.2, 0.25) is 0 Å². The van der Waals surface area contributed by atoms with Crippen molar-refractivity contribution < 1.29 is 28.5 Å². The van der Waals surface area contributed by atoms with E-state index in [-0.39, 0.29) is 25.5 Å². The number of cyclic esters (lactones) is 1. The van der Waals surface area contributed by atoms with Crippen LogP contribution in [0.5, 0.6) is 23.0 Å². The zero-order valence-corrected chi connectivity index (χ0v) is 13.9. The lowest BCUT2D eigenvalue weighted by atomic mass is 9.92. The van der Waals surface area contributed by atoms with Gasteiger partial charge >= 0.3 is 5.97 Å². The summed E-state index contributed by atoms with van der Waals surface area (Å²) in [5, 5.41) is 0. The minimum Gasteiger partial charge on any atom is -0.462 e. The molecule has 6 nitrogen and oxygen atoms in total. The first-order valence-electron chi connectivity index (χ1n) is 8.43. The van der Waals surface area contributed by atoms with E-state index in [0.717, 1.165) is 28.4 Å². The molecule has 0 bridgehead atoms. The van der Waals surface area contributed by atoms with Crippen molar-refractivity contribution in [3.05, 3.63) is 53.1 Å². The number of fused-ring (bicyclic) bond motifs is 2. The van der Waals surface area contributed by atoms with Crippen LogP contribution in [0.15, 0.2) is 42.0 Å². The Morgan fingerprint density at radius 1 is 0.846 bits per heavy atom. The molecule has 0 radical (unpaired) electrons. The number of esters is 1. The summed E-state index contributed by atoms with van der Waals surface area (Å²) in [5.74, 6) is 2.63. The van der Waals surface area contributed by atoms with E-state index in [2.05, 4.69) is 0 Å². The van der Waals surface area contributed by atoms with E-state index >= 15 is 0 Å². The number of benzene rings is 2. The second kappa shape index (κ2) is 5.98. The lowest BCUT2D eigenvalue weighted by Crippen LogP contribution is -2.07. The van der Waals surface area contributed by atoms with Crippen LogP contribution >= 0.6 is 0 Å². The van der Waals surface area contributed by atoms with Gasteiger partial charge in [0.05, 0.1) is 6.61 Å². The van der Waals surface area contributed by atoms with Crippen LogP contribution in [0, 0.1) is 5.92 Å². The van der Waals surface area contributed by atoms with Gasteiger partial charge in [0.2, 0.25) is 13.6 Å². The van der Waals surface area contributed by atoms with Crippen molar-refractivity contribution in [2.75, 3.05) is 20.2 Å². The van der Waals surface area contributed by atoms with Gasteiger partial charge in [-0.2, -0.15) is 0 Å². The van der Waals surface area contributed by atoms with Crippen LogP contribution in [0.3, 0.4) is 0 Å². The monoisotopic (exact) mass is 352 g/mol. The van der Waals surface area contributed by atoms with Gasteiger partial charge in [-0.05, 0) is 47.9 Å². The highest BCUT2D eigenvalue weighted by Gasteiger charge is 2.31. The molecule has 6 heteroatoms. The quantitative estimate of drug-likeness (QED) is 0.625. The summed E-state index contributed by atoms with van der Waals surface area (Å²) < 4.78 is 26.8. The number of rotatable bonds is 3. The maximum Gasteiger partial charge on any atom is 0.334 e. The number of hydrogen-bond acceptors (Lipinski definition) is 6. The van der Waals surface area contributed by atoms with Gasteiger partial charge < -0.3 is 23.7 Å². The molecule has 3 aliphatic heterocycles. The second-order valence-corrected chi connectivity index (χ2v) is 6.40. The Hall–Kier alpha value is -3.15. The Bertz CT molecular complexity index is 917. The molecule has 1 fully saturated rings. The average molecular weight is 352 g/mol. The van der Waals surface area contributed by atoms with Gasteiger partial charge in [0.15, 0.2) is 23.0 Å². The molecule has 1 saturated heterocycles. The van der Waals surface area contributed by atoms with Gasteiger partial charge in [-0.15, -0.1) is 0 Å². The molecule has 0 spiro atoms. The van der Waals surface area contributed by atoms with Crippen molar-refractivity contribution >= 4 is 12.0 Å². The van der Waals surface area contributed by atoms with E-state index in [0.29, 0.717) is 24.4 Å². The third kappa shape index (κ3) is 2.63. The molecule has 132 valence electrons. The lowest BCUT2D eigenvalue weighted by Gasteiger charge is -2.09. The normalized spacial score (nSPS) is 21.3. The fraction of sp³-hybridized carbons (Fsp3) is 0.250. The zero-order valence-electron chi connectivity index (χ0n) is 13.9. The summed E-state index contributed by atoms with van der Waals surface area (Å²) >= 11 is 0. The van der Waals surface area contributed by atoms with Crippen molar-refractivity contribution in [1.29, 1.82) is 0 Å². The van der Waals surface area contributed by atoms with Gasteiger partial charge in [-0.1, -0.05) is 12.1 Å². The maximum atomic E-state index is 12.2. The Morgan fingerprint density at radius 3 is 2.35 bits per heavy atom. The summed E-state index contributed by atoms with van der Waals surface area (Å²) in [6.45, 7) is 0.854. The first-order valence-corrected chi connectivity index (χ1v) is 8.43. The van der Waals surface area contributed by atoms with Crippen LogP contribution in [-0.4, -0.2) is 26.2 Å². The standard InChI is InChI=1S/C20H16O6/c21-20-15(6-13-2-4-17-19(8-13)26-11-24-17)14(9-22-20)5-12-1-3-16-18(7-12)25-10-23-16/h1-4,6-8,14H,5,9-11H2/b15-6+/t14-/m1/s1. The Morgan fingerprint density at radius 2 is 1.54 bits per heavy atom. The molecule has 2 aromatic carbocycles. The van der Waals surface area contributed by atoms with E-state index in [1.165, 1.54) is 0 Å². The molecule has 0 amide bonds. The zero-order chi connectivity index (χ0) is 17.5. The predicted molar refractivity (Wildman–Crippen MR) is 91.3 cm³/mol. The molecule has 0 aliphatic carbocycles. The second-order valence-electron chi connectivity index (χ2n) is 6.40. The summed E-state index contributed by atoms with van der Waals surface area (Å²) in [7, 11) is 0. The van der Waals surface area contributed by atoms with Gasteiger partial charge in [0, 0.05) is 11.5 Å². The van der Waals surface area contributed by atoms with E-state index in [1.54, 1.807) is 0 Å². The number of carbonyl (C=O) groups is 1. The molecule has 0 aromatic heterocycles. The molecule has 0 saturated carbocycles. The molecule has 1 atom stereocenters. The lowest BCUT2D eigenvalue weighted by molar-refractivity contribution is -0.135. The molecule has 3 aliphatic rings. The van der Waals surface area contributed by atoms with E-state index in [9.17, 15) is 4.79 Å². The molecule has 0 unspecified atom stereocenters. The third-order valence-corrected chi connectivity index (χ3v) is 4.73. The Balaban J connectivity index is 1.41. The maximum absolute atomic E-state index is 12.2. The highest BCUT2D eigenvalue weighted by atomic mass is 16.7. The Labute approximate surface area is 149 Å². The van der Waals surface area contributed by atoms with Crippen LogP contribution in [0.25, 0.3) is 6.08 Å². The van der Waals surface area contributed by atoms with Gasteiger partial charge in [0.25, 0.3) is 0 Å². The summed E-state index contributed by atoms with van der Waals surface area (Å²) in [5.41, 5.74) is 2.63. The van der Waals surface area contributed by atoms with Crippen LogP contribution in [0.1, 0.15) is 11.1 Å². The molecule has 3 heterocycles. The van der Waals surface area contributed by atoms with Crippen molar-refractivity contribution in [2.24, 2.45) is 5.92 Å². The van der Waals surface area contributed by atoms with Crippen molar-refractivity contribution in [3.63, 3.8) is 0 Å². The van der Waals surface area contributed by atoms with Gasteiger partial charge in [-0.3, -0.25) is 0 Å². The van der Waals surface area contributed by atoms with E-state index in [1.807, 2.05) is 42.5 Å². The fourth-order valence-corrected chi connectivity index (χ4v) is 3.40. The number of ether oxygens (including phenoxy) is 5. The fourth-order valence-electron chi connectivity index (χ4n) is 3.40. The smallest absolute Gasteiger partial charge is 0.334 e. The number of carbonyl (C=O) groups excluding carboxylic acids is 1. The number of hydrogen-bond donors (Lipinski definition) is 0. The largest absolute Gasteiger partial charge is 0.462 e. The minimum atomic E-state index is -0.270. The summed E-state index contributed by atoms with van der Waals surface area (Å²) in [4.78, 5) is 12.2. The predicted octanol–water partition coefficient (Wildman–Crippen LogP) is 2.94. The SMILES string of the molecule is O=C1OC[C@@H](Cc2ccc3c(c2)OCO3)/C1=C\c1ccc2c(c1)OCO2. The van der Waals surface area contributed by atoms with Crippen molar-refractivity contribution in [2.45, 2.75) is 6.42 Å². The molecule has 26 heavy (non-hydrogen) atoms. The summed E-state index contributed by atoms with van der Waals surface area (Å²) in [6, 6.07) is 11.5. The van der Waals surface area contributed by atoms with E-state index < -0.39 is 0 Å². The first-order chi connectivity index (χ1) is 12.8. The van der Waals surface area contributed by atoms with Crippen LogP contribution < -0.4 is 18.9 Å². The topological polar surface area (TPSA) is 63.2 Å². The van der Waals surface area contributed by atoms with Crippen molar-refractivity contribution in [1.82, 2.24) is 0 Å². The van der Waals surface area contributed by atoms with Crippen LogP contribution in [0.4, 0.5) is 0 Å². The highest BCUT2D eigenvalue weighted by Crippen LogP contribution is 2.36. The van der Waals surface area contributed by atoms with Crippen LogP contribution in [-0.2, 0) is 16.0 Å². The molecule has 2 aromatic rings. The van der Waals surface area contributed by atoms with Gasteiger partial charge in [0.1, 0.15) is 0 Å². The van der Waals surface area contributed by atoms with Gasteiger partial charge in [-0.25, -0.2) is 4.79 Å². The van der Waals surface area contributed by atoms with E-state index in [4.69, 9.17) is 23.7 Å². The third-order valence-electron chi connectivity index (χ3n) is 4.73. The summed E-state index contributed by atoms with van der Waals surface area (Å²) in [6.07, 6.45) is 2.56. The molecular formula is C20H16O6.